The van der Waals surface area contributed by atoms with Gasteiger partial charge < -0.3 is 34.6 Å². The van der Waals surface area contributed by atoms with Crippen LogP contribution in [0.4, 0.5) is 23.7 Å². The summed E-state index contributed by atoms with van der Waals surface area (Å²) in [6.07, 6.45) is 5.08. The minimum absolute atomic E-state index is 0.132. The summed E-state index contributed by atoms with van der Waals surface area (Å²) in [5, 5.41) is 0.885. The highest BCUT2D eigenvalue weighted by Gasteiger charge is 2.36. The zero-order valence-electron chi connectivity index (χ0n) is 37.2. The van der Waals surface area contributed by atoms with Gasteiger partial charge in [0.2, 0.25) is 17.8 Å². The Bertz CT molecular complexity index is 2650. The van der Waals surface area contributed by atoms with Crippen LogP contribution in [-0.2, 0) is 59.0 Å². The molecule has 0 atom stereocenters. The van der Waals surface area contributed by atoms with Gasteiger partial charge in [-0.3, -0.25) is 0 Å². The van der Waals surface area contributed by atoms with Crippen LogP contribution in [0.15, 0.2) is 30.5 Å². The highest BCUT2D eigenvalue weighted by Crippen LogP contribution is 2.35. The molecule has 0 bridgehead atoms. The van der Waals surface area contributed by atoms with Crippen molar-refractivity contribution in [3.05, 3.63) is 62.9 Å². The number of nitrogens with two attached hydrogens (primary N) is 1. The average Bonchev–Trinajstić information content (AvgIpc) is 3.23. The van der Waals surface area contributed by atoms with Gasteiger partial charge in [-0.1, -0.05) is 34.8 Å². The molecule has 65 heavy (non-hydrogen) atoms. The summed E-state index contributed by atoms with van der Waals surface area (Å²) in [4.78, 5) is 36.0. The standard InChI is InChI=1S/C17H22ClN5O3S.C12H18ClN3O3S.C10H14ClN3O3S/c1-17(2,27(3,24)25)14-9-13(11-10-20-15(19)8-12(11)18)21-16(22-14)23-4-6-26-7-5-23;1-12(2,20(3,17)18)9-8-10(13)15-11(14-9)16-4-6-19-7-5-16;1-18(15,16)7-8-6-9(11)13-10(12-8)14-2-4-17-5-3-14/h8-10H,4-7H2,1-3H3,(H2,19,20);8H,4-7H2,1-3H3;6H,2-5,7H2,1H3. The number of ether oxygens (including phenoxy) is 3. The number of halogens is 3. The van der Waals surface area contributed by atoms with Gasteiger partial charge in [-0.25, -0.2) is 60.1 Å². The molecule has 0 saturated carbocycles. The van der Waals surface area contributed by atoms with Crippen molar-refractivity contribution in [3.8, 4) is 11.3 Å². The molecule has 4 aromatic heterocycles. The van der Waals surface area contributed by atoms with Crippen LogP contribution >= 0.6 is 34.8 Å². The quantitative estimate of drug-likeness (QED) is 0.222. The van der Waals surface area contributed by atoms with Gasteiger partial charge in [0, 0.05) is 69.8 Å². The first-order valence-electron chi connectivity index (χ1n) is 20.2. The third-order valence-corrected chi connectivity index (χ3v) is 16.3. The zero-order valence-corrected chi connectivity index (χ0v) is 41.9. The first-order chi connectivity index (χ1) is 30.2. The molecule has 0 radical (unpaired) electrons. The van der Waals surface area contributed by atoms with Crippen LogP contribution in [0.3, 0.4) is 0 Å². The number of nitrogen functional groups attached to an aromatic ring is 1. The van der Waals surface area contributed by atoms with Crippen molar-refractivity contribution in [1.82, 2.24) is 34.9 Å². The number of sulfone groups is 3. The molecule has 0 aliphatic carbocycles. The first kappa shape index (κ1) is 52.2. The number of anilines is 4. The van der Waals surface area contributed by atoms with Crippen molar-refractivity contribution in [2.24, 2.45) is 0 Å². The number of nitrogens with zero attached hydrogens (tertiary/aromatic N) is 10. The summed E-state index contributed by atoms with van der Waals surface area (Å²) >= 11 is 18.2. The maximum Gasteiger partial charge on any atom is 0.227 e. The molecule has 2 N–H and O–H groups in total. The summed E-state index contributed by atoms with van der Waals surface area (Å²) in [7, 11) is -9.87. The van der Waals surface area contributed by atoms with Gasteiger partial charge in [0.1, 0.15) is 25.6 Å². The molecule has 3 fully saturated rings. The molecule has 3 aliphatic rings. The summed E-state index contributed by atoms with van der Waals surface area (Å²) < 4.78 is 84.6. The number of pyridine rings is 1. The molecule has 0 unspecified atom stereocenters. The minimum Gasteiger partial charge on any atom is -0.384 e. The van der Waals surface area contributed by atoms with E-state index in [-0.39, 0.29) is 16.1 Å². The van der Waals surface area contributed by atoms with E-state index < -0.39 is 39.0 Å². The van der Waals surface area contributed by atoms with Gasteiger partial charge in [0.25, 0.3) is 0 Å². The average molecular weight is 1020 g/mol. The Kier molecular flexibility index (Phi) is 17.2. The Morgan fingerprint density at radius 2 is 0.985 bits per heavy atom. The van der Waals surface area contributed by atoms with Gasteiger partial charge in [-0.2, -0.15) is 0 Å². The molecule has 3 saturated heterocycles. The lowest BCUT2D eigenvalue weighted by atomic mass is 10.1. The Hall–Kier alpha value is -3.81. The van der Waals surface area contributed by atoms with Crippen molar-refractivity contribution < 1.29 is 39.5 Å². The van der Waals surface area contributed by atoms with E-state index in [1.807, 2.05) is 14.7 Å². The molecular weight excluding hydrogens is 969 g/mol. The van der Waals surface area contributed by atoms with E-state index in [0.29, 0.717) is 136 Å². The van der Waals surface area contributed by atoms with Crippen molar-refractivity contribution in [2.75, 3.05) is 118 Å². The van der Waals surface area contributed by atoms with E-state index in [4.69, 9.17) is 54.7 Å². The summed E-state index contributed by atoms with van der Waals surface area (Å²) in [6, 6.07) is 6.16. The second-order valence-corrected chi connectivity index (χ2v) is 24.8. The second kappa shape index (κ2) is 21.4. The van der Waals surface area contributed by atoms with E-state index in [1.165, 1.54) is 36.9 Å². The SMILES string of the molecule is CC(C)(c1cc(-c2cnc(N)cc2Cl)nc(N2CCOCC2)n1)S(C)(=O)=O.CC(C)(c1cc(Cl)nc(N2CCOCC2)n1)S(C)(=O)=O.CS(=O)(=O)Cc1cc(Cl)nc(N2CCOCC2)n1. The highest BCUT2D eigenvalue weighted by atomic mass is 35.5. The molecule has 20 nitrogen and oxygen atoms in total. The molecule has 4 aromatic rings. The van der Waals surface area contributed by atoms with E-state index >= 15 is 0 Å². The fraction of sp³-hybridized carbons (Fsp3) is 0.564. The van der Waals surface area contributed by atoms with Crippen LogP contribution in [0.5, 0.6) is 0 Å². The monoisotopic (exact) mass is 1020 g/mol. The number of hydrogen-bond donors (Lipinski definition) is 1. The zero-order chi connectivity index (χ0) is 48.0. The van der Waals surface area contributed by atoms with E-state index in [2.05, 4.69) is 34.9 Å². The Balaban J connectivity index is 0.000000188. The lowest BCUT2D eigenvalue weighted by molar-refractivity contribution is 0.122. The molecule has 7 heterocycles. The Morgan fingerprint density at radius 1 is 0.585 bits per heavy atom. The Morgan fingerprint density at radius 3 is 1.40 bits per heavy atom. The fourth-order valence-electron chi connectivity index (χ4n) is 6.12. The molecule has 0 spiro atoms. The molecule has 358 valence electrons. The van der Waals surface area contributed by atoms with Crippen LogP contribution in [0.25, 0.3) is 11.3 Å². The van der Waals surface area contributed by atoms with Gasteiger partial charge in [0.05, 0.1) is 73.2 Å². The lowest BCUT2D eigenvalue weighted by Gasteiger charge is -2.29. The topological polar surface area (TPSA) is 256 Å². The largest absolute Gasteiger partial charge is 0.384 e. The highest BCUT2D eigenvalue weighted by molar-refractivity contribution is 7.92. The van der Waals surface area contributed by atoms with Crippen LogP contribution in [0.2, 0.25) is 15.3 Å². The van der Waals surface area contributed by atoms with Crippen LogP contribution < -0.4 is 20.4 Å². The number of rotatable bonds is 10. The third-order valence-electron chi connectivity index (χ3n) is 10.7. The van der Waals surface area contributed by atoms with Gasteiger partial charge in [-0.05, 0) is 52.0 Å². The number of morpholine rings is 3. The molecule has 0 amide bonds. The van der Waals surface area contributed by atoms with Crippen LogP contribution in [-0.4, -0.2) is 158 Å². The van der Waals surface area contributed by atoms with Crippen molar-refractivity contribution in [2.45, 2.75) is 42.9 Å². The van der Waals surface area contributed by atoms with Gasteiger partial charge >= 0.3 is 0 Å². The second-order valence-electron chi connectivity index (χ2n) is 16.3. The van der Waals surface area contributed by atoms with Gasteiger partial charge in [0.15, 0.2) is 29.5 Å². The Labute approximate surface area is 395 Å². The normalized spacial score (nSPS) is 16.6. The lowest BCUT2D eigenvalue weighted by Crippen LogP contribution is -2.38. The van der Waals surface area contributed by atoms with Crippen LogP contribution in [0.1, 0.15) is 44.8 Å². The first-order valence-corrected chi connectivity index (χ1v) is 27.2. The van der Waals surface area contributed by atoms with Gasteiger partial charge in [-0.15, -0.1) is 0 Å². The molecule has 0 aromatic carbocycles. The van der Waals surface area contributed by atoms with E-state index in [9.17, 15) is 25.3 Å². The smallest absolute Gasteiger partial charge is 0.227 e. The summed E-state index contributed by atoms with van der Waals surface area (Å²) in [5.41, 5.74) is 7.95. The number of hydrogen-bond acceptors (Lipinski definition) is 20. The minimum atomic E-state index is -3.42. The molecular formula is C39H54Cl3N11O9S3. The van der Waals surface area contributed by atoms with Crippen molar-refractivity contribution in [1.29, 1.82) is 0 Å². The molecule has 26 heteroatoms. The van der Waals surface area contributed by atoms with Crippen molar-refractivity contribution in [3.63, 3.8) is 0 Å². The van der Waals surface area contributed by atoms with E-state index in [1.54, 1.807) is 33.8 Å². The maximum atomic E-state index is 12.4. The summed E-state index contributed by atoms with van der Waals surface area (Å²) in [5.74, 6) is 1.52. The third kappa shape index (κ3) is 14.1. The predicted octanol–water partition coefficient (Wildman–Crippen LogP) is 3.65. The van der Waals surface area contributed by atoms with E-state index in [0.717, 1.165) is 6.26 Å². The maximum absolute atomic E-state index is 12.4. The predicted molar refractivity (Wildman–Crippen MR) is 252 cm³/mol. The fourth-order valence-corrected chi connectivity index (χ4v) is 8.41. The van der Waals surface area contributed by atoms with Crippen LogP contribution in [0, 0.1) is 0 Å². The molecule has 7 rings (SSSR count). The van der Waals surface area contributed by atoms with Crippen molar-refractivity contribution >= 4 is 88.0 Å². The number of aromatic nitrogens is 7. The summed E-state index contributed by atoms with van der Waals surface area (Å²) in [6.45, 7) is 13.9. The molecule has 3 aliphatic heterocycles.